The highest BCUT2D eigenvalue weighted by Crippen LogP contribution is 2.13. The lowest BCUT2D eigenvalue weighted by atomic mass is 10.1. The highest BCUT2D eigenvalue weighted by molar-refractivity contribution is 6.35. The molecule has 8 nitrogen and oxygen atoms in total. The van der Waals surface area contributed by atoms with Gasteiger partial charge in [0, 0.05) is 12.2 Å². The third-order valence-corrected chi connectivity index (χ3v) is 4.00. The van der Waals surface area contributed by atoms with Gasteiger partial charge in [0.1, 0.15) is 5.75 Å². The third kappa shape index (κ3) is 7.75. The van der Waals surface area contributed by atoms with E-state index in [4.69, 9.17) is 4.74 Å². The van der Waals surface area contributed by atoms with Gasteiger partial charge in [-0.1, -0.05) is 38.1 Å². The summed E-state index contributed by atoms with van der Waals surface area (Å²) >= 11 is 0. The number of amides is 3. The zero-order valence-electron chi connectivity index (χ0n) is 17.1. The van der Waals surface area contributed by atoms with E-state index in [1.165, 1.54) is 11.8 Å². The van der Waals surface area contributed by atoms with Gasteiger partial charge in [0.15, 0.2) is 6.61 Å². The van der Waals surface area contributed by atoms with Crippen LogP contribution in [-0.4, -0.2) is 37.1 Å². The van der Waals surface area contributed by atoms with Crippen molar-refractivity contribution in [3.05, 3.63) is 59.7 Å². The molecule has 0 saturated carbocycles. The Morgan fingerprint density at radius 3 is 2.50 bits per heavy atom. The summed E-state index contributed by atoms with van der Waals surface area (Å²) in [5.74, 6) is -1.37. The van der Waals surface area contributed by atoms with Crippen molar-refractivity contribution >= 4 is 29.6 Å². The number of hydrogen-bond donors (Lipinski definition) is 3. The van der Waals surface area contributed by atoms with Crippen LogP contribution in [0.25, 0.3) is 0 Å². The van der Waals surface area contributed by atoms with Crippen LogP contribution in [0.15, 0.2) is 53.6 Å². The van der Waals surface area contributed by atoms with Crippen LogP contribution >= 0.6 is 0 Å². The minimum Gasteiger partial charge on any atom is -0.484 e. The first-order chi connectivity index (χ1) is 14.5. The van der Waals surface area contributed by atoms with Gasteiger partial charge >= 0.3 is 11.8 Å². The molecule has 0 heterocycles. The molecule has 0 aliphatic rings. The number of hydrazone groups is 1. The van der Waals surface area contributed by atoms with Crippen LogP contribution in [0.3, 0.4) is 0 Å². The number of aryl methyl sites for hydroxylation is 1. The fourth-order valence-electron chi connectivity index (χ4n) is 2.39. The second-order valence-corrected chi connectivity index (χ2v) is 6.41. The van der Waals surface area contributed by atoms with Gasteiger partial charge < -0.3 is 15.4 Å². The Morgan fingerprint density at radius 1 is 1.03 bits per heavy atom. The standard InChI is InChI=1S/C22H26N4O4/c1-3-12-23-21(28)22(29)26-24-14-17-6-5-7-19(13-17)30-15-20(27)25-18-10-8-16(4-2)9-11-18/h5-11,13-14H,3-4,12,15H2,1-2H3,(H,23,28)(H,25,27)(H,26,29)/b24-14-. The molecule has 158 valence electrons. The maximum Gasteiger partial charge on any atom is 0.329 e. The first-order valence-corrected chi connectivity index (χ1v) is 9.74. The molecule has 0 radical (unpaired) electrons. The summed E-state index contributed by atoms with van der Waals surface area (Å²) < 4.78 is 5.51. The number of ether oxygens (including phenoxy) is 1. The average Bonchev–Trinajstić information content (AvgIpc) is 2.76. The van der Waals surface area contributed by atoms with Gasteiger partial charge in [-0.2, -0.15) is 5.10 Å². The van der Waals surface area contributed by atoms with Crippen LogP contribution < -0.4 is 20.8 Å². The molecule has 8 heteroatoms. The Bertz CT molecular complexity index is 894. The number of anilines is 1. The number of hydrogen-bond acceptors (Lipinski definition) is 5. The lowest BCUT2D eigenvalue weighted by molar-refractivity contribution is -0.139. The topological polar surface area (TPSA) is 109 Å². The Kier molecular flexibility index (Phi) is 9.05. The highest BCUT2D eigenvalue weighted by atomic mass is 16.5. The maximum absolute atomic E-state index is 12.1. The summed E-state index contributed by atoms with van der Waals surface area (Å²) in [5, 5.41) is 8.99. The lowest BCUT2D eigenvalue weighted by Gasteiger charge is -2.08. The van der Waals surface area contributed by atoms with Crippen molar-refractivity contribution in [2.24, 2.45) is 5.10 Å². The second-order valence-electron chi connectivity index (χ2n) is 6.41. The van der Waals surface area contributed by atoms with E-state index in [0.717, 1.165) is 12.8 Å². The molecule has 2 rings (SSSR count). The van der Waals surface area contributed by atoms with Crippen molar-refractivity contribution in [2.45, 2.75) is 26.7 Å². The van der Waals surface area contributed by atoms with Crippen LogP contribution in [0.1, 0.15) is 31.4 Å². The zero-order valence-corrected chi connectivity index (χ0v) is 17.1. The van der Waals surface area contributed by atoms with E-state index in [2.05, 4.69) is 28.1 Å². The van der Waals surface area contributed by atoms with Crippen LogP contribution in [0, 0.1) is 0 Å². The van der Waals surface area contributed by atoms with Gasteiger partial charge in [-0.3, -0.25) is 14.4 Å². The monoisotopic (exact) mass is 410 g/mol. The number of carbonyl (C=O) groups excluding carboxylic acids is 3. The number of rotatable bonds is 9. The van der Waals surface area contributed by atoms with E-state index in [-0.39, 0.29) is 12.5 Å². The van der Waals surface area contributed by atoms with Gasteiger partial charge in [0.05, 0.1) is 6.21 Å². The molecule has 30 heavy (non-hydrogen) atoms. The second kappa shape index (κ2) is 12.0. The SMILES string of the molecule is CCCNC(=O)C(=O)N/N=C\c1cccc(OCC(=O)Nc2ccc(CC)cc2)c1. The predicted molar refractivity (Wildman–Crippen MR) is 115 cm³/mol. The maximum atomic E-state index is 12.1. The number of benzene rings is 2. The van der Waals surface area contributed by atoms with E-state index in [1.807, 2.05) is 31.2 Å². The number of nitrogens with one attached hydrogen (secondary N) is 3. The molecule has 0 aliphatic carbocycles. The van der Waals surface area contributed by atoms with Gasteiger partial charge in [-0.15, -0.1) is 0 Å². The van der Waals surface area contributed by atoms with Crippen LogP contribution in [0.2, 0.25) is 0 Å². The van der Waals surface area contributed by atoms with Crippen molar-refractivity contribution in [2.75, 3.05) is 18.5 Å². The van der Waals surface area contributed by atoms with Crippen molar-refractivity contribution < 1.29 is 19.1 Å². The summed E-state index contributed by atoms with van der Waals surface area (Å²) in [6, 6.07) is 14.5. The largest absolute Gasteiger partial charge is 0.484 e. The molecule has 0 aromatic heterocycles. The minimum absolute atomic E-state index is 0.148. The third-order valence-electron chi connectivity index (χ3n) is 4.00. The van der Waals surface area contributed by atoms with Crippen molar-refractivity contribution in [1.29, 1.82) is 0 Å². The molecule has 0 atom stereocenters. The molecule has 0 unspecified atom stereocenters. The minimum atomic E-state index is -0.837. The van der Waals surface area contributed by atoms with Gasteiger partial charge in [0.2, 0.25) is 0 Å². The summed E-state index contributed by atoms with van der Waals surface area (Å²) in [6.07, 6.45) is 3.05. The summed E-state index contributed by atoms with van der Waals surface area (Å²) in [6.45, 7) is 4.23. The fourth-order valence-corrected chi connectivity index (χ4v) is 2.39. The molecule has 2 aromatic carbocycles. The summed E-state index contributed by atoms with van der Waals surface area (Å²) in [7, 11) is 0. The molecule has 0 fully saturated rings. The molecule has 0 saturated heterocycles. The first-order valence-electron chi connectivity index (χ1n) is 9.74. The van der Waals surface area contributed by atoms with Crippen molar-refractivity contribution in [1.82, 2.24) is 10.7 Å². The van der Waals surface area contributed by atoms with E-state index < -0.39 is 11.8 Å². The fraction of sp³-hybridized carbons (Fsp3) is 0.273. The first kappa shape index (κ1) is 22.6. The molecule has 3 N–H and O–H groups in total. The van der Waals surface area contributed by atoms with Gasteiger partial charge in [-0.05, 0) is 48.2 Å². The number of nitrogens with zero attached hydrogens (tertiary/aromatic N) is 1. The smallest absolute Gasteiger partial charge is 0.329 e. The lowest BCUT2D eigenvalue weighted by Crippen LogP contribution is -2.38. The average molecular weight is 410 g/mol. The molecule has 0 bridgehead atoms. The quantitative estimate of drug-likeness (QED) is 0.335. The van der Waals surface area contributed by atoms with Gasteiger partial charge in [-0.25, -0.2) is 5.43 Å². The molecule has 0 aliphatic heterocycles. The number of carbonyl (C=O) groups is 3. The van der Waals surface area contributed by atoms with E-state index >= 15 is 0 Å². The van der Waals surface area contributed by atoms with E-state index in [9.17, 15) is 14.4 Å². The Morgan fingerprint density at radius 2 is 1.80 bits per heavy atom. The Balaban J connectivity index is 1.82. The van der Waals surface area contributed by atoms with E-state index in [1.54, 1.807) is 24.3 Å². The van der Waals surface area contributed by atoms with Crippen LogP contribution in [0.5, 0.6) is 5.75 Å². The normalized spacial score (nSPS) is 10.5. The summed E-state index contributed by atoms with van der Waals surface area (Å²) in [5.41, 5.74) is 4.70. The van der Waals surface area contributed by atoms with Crippen molar-refractivity contribution in [3.8, 4) is 5.75 Å². The highest BCUT2D eigenvalue weighted by Gasteiger charge is 2.10. The predicted octanol–water partition coefficient (Wildman–Crippen LogP) is 2.24. The van der Waals surface area contributed by atoms with E-state index in [0.29, 0.717) is 23.5 Å². The molecule has 2 aromatic rings. The molecular formula is C22H26N4O4. The molecular weight excluding hydrogens is 384 g/mol. The van der Waals surface area contributed by atoms with Crippen molar-refractivity contribution in [3.63, 3.8) is 0 Å². The molecule has 3 amide bonds. The zero-order chi connectivity index (χ0) is 21.8. The Labute approximate surface area is 175 Å². The Hall–Kier alpha value is -3.68. The van der Waals surface area contributed by atoms with Gasteiger partial charge in [0.25, 0.3) is 5.91 Å². The summed E-state index contributed by atoms with van der Waals surface area (Å²) in [4.78, 5) is 35.1. The van der Waals surface area contributed by atoms with Crippen LogP contribution in [-0.2, 0) is 20.8 Å². The molecule has 0 spiro atoms. The van der Waals surface area contributed by atoms with Crippen LogP contribution in [0.4, 0.5) is 5.69 Å².